The molecule has 154 valence electrons. The van der Waals surface area contributed by atoms with Crippen molar-refractivity contribution in [1.29, 1.82) is 0 Å². The summed E-state index contributed by atoms with van der Waals surface area (Å²) >= 11 is 0. The van der Waals surface area contributed by atoms with Gasteiger partial charge in [0, 0.05) is 11.3 Å². The van der Waals surface area contributed by atoms with Crippen LogP contribution in [-0.2, 0) is 9.53 Å². The van der Waals surface area contributed by atoms with Crippen molar-refractivity contribution in [3.8, 4) is 11.5 Å². The van der Waals surface area contributed by atoms with Crippen molar-refractivity contribution in [1.82, 2.24) is 4.98 Å². The van der Waals surface area contributed by atoms with E-state index in [9.17, 15) is 14.4 Å². The van der Waals surface area contributed by atoms with E-state index in [0.29, 0.717) is 34.0 Å². The fourth-order valence-corrected chi connectivity index (χ4v) is 3.15. The van der Waals surface area contributed by atoms with E-state index in [1.54, 1.807) is 50.2 Å². The molecule has 0 saturated heterocycles. The second-order valence-corrected chi connectivity index (χ2v) is 6.72. The molecular weight excluding hydrogens is 384 g/mol. The number of amides is 1. The Labute approximate surface area is 174 Å². The van der Waals surface area contributed by atoms with Gasteiger partial charge in [0.15, 0.2) is 18.1 Å². The number of hydrogen-bond acceptors (Lipinski definition) is 5. The number of benzene rings is 2. The molecule has 0 atom stereocenters. The first-order valence-electron chi connectivity index (χ1n) is 9.36. The Morgan fingerprint density at radius 3 is 2.30 bits per heavy atom. The van der Waals surface area contributed by atoms with Crippen LogP contribution in [0.4, 0.5) is 5.69 Å². The number of hydrogen-bond donors (Lipinski definition) is 2. The van der Waals surface area contributed by atoms with Gasteiger partial charge in [0.05, 0.1) is 5.69 Å². The highest BCUT2D eigenvalue weighted by molar-refractivity contribution is 6.02. The Bertz CT molecular complexity index is 1090. The van der Waals surface area contributed by atoms with Crippen molar-refractivity contribution in [3.05, 3.63) is 77.1 Å². The van der Waals surface area contributed by atoms with Gasteiger partial charge in [-0.3, -0.25) is 9.59 Å². The van der Waals surface area contributed by atoms with E-state index in [2.05, 4.69) is 10.3 Å². The molecule has 0 aliphatic heterocycles. The highest BCUT2D eigenvalue weighted by atomic mass is 16.5. The lowest BCUT2D eigenvalue weighted by atomic mass is 10.1. The van der Waals surface area contributed by atoms with Crippen molar-refractivity contribution in [2.75, 3.05) is 11.9 Å². The Morgan fingerprint density at radius 1 is 0.967 bits per heavy atom. The molecule has 0 fully saturated rings. The van der Waals surface area contributed by atoms with Gasteiger partial charge in [-0.1, -0.05) is 30.3 Å². The zero-order chi connectivity index (χ0) is 21.7. The van der Waals surface area contributed by atoms with Gasteiger partial charge in [-0.05, 0) is 50.6 Å². The lowest BCUT2D eigenvalue weighted by Gasteiger charge is -2.12. The molecule has 0 bridgehead atoms. The first kappa shape index (κ1) is 20.9. The molecule has 0 radical (unpaired) electrons. The van der Waals surface area contributed by atoms with Crippen LogP contribution < -0.4 is 10.1 Å². The molecule has 2 N–H and O–H groups in total. The van der Waals surface area contributed by atoms with E-state index in [-0.39, 0.29) is 11.5 Å². The van der Waals surface area contributed by atoms with Crippen LogP contribution in [-0.4, -0.2) is 29.3 Å². The number of carbonyl (C=O) groups excluding carboxylic acids is 3. The maximum absolute atomic E-state index is 12.3. The number of carbonyl (C=O) groups is 3. The third-order valence-electron chi connectivity index (χ3n) is 4.46. The van der Waals surface area contributed by atoms with Gasteiger partial charge in [-0.15, -0.1) is 0 Å². The average molecular weight is 406 g/mol. The predicted molar refractivity (Wildman–Crippen MR) is 112 cm³/mol. The Kier molecular flexibility index (Phi) is 6.32. The van der Waals surface area contributed by atoms with E-state index in [4.69, 9.17) is 9.47 Å². The number of rotatable bonds is 7. The molecule has 1 amide bonds. The van der Waals surface area contributed by atoms with E-state index in [1.165, 1.54) is 6.92 Å². The maximum atomic E-state index is 12.3. The summed E-state index contributed by atoms with van der Waals surface area (Å²) < 4.78 is 10.9. The number of aromatic nitrogens is 1. The molecule has 7 nitrogen and oxygen atoms in total. The normalized spacial score (nSPS) is 10.4. The smallest absolute Gasteiger partial charge is 0.355 e. The topological polar surface area (TPSA) is 97.5 Å². The van der Waals surface area contributed by atoms with E-state index >= 15 is 0 Å². The largest absolute Gasteiger partial charge is 0.455 e. The summed E-state index contributed by atoms with van der Waals surface area (Å²) in [6.07, 6.45) is 0. The number of anilines is 1. The molecule has 1 aromatic heterocycles. The Morgan fingerprint density at radius 2 is 1.63 bits per heavy atom. The lowest BCUT2D eigenvalue weighted by Crippen LogP contribution is -2.21. The van der Waals surface area contributed by atoms with Crippen LogP contribution >= 0.6 is 0 Å². The zero-order valence-electron chi connectivity index (χ0n) is 16.9. The molecule has 0 saturated carbocycles. The second-order valence-electron chi connectivity index (χ2n) is 6.72. The number of esters is 1. The third-order valence-corrected chi connectivity index (χ3v) is 4.46. The minimum atomic E-state index is -0.702. The molecule has 0 aliphatic carbocycles. The van der Waals surface area contributed by atoms with E-state index < -0.39 is 18.5 Å². The lowest BCUT2D eigenvalue weighted by molar-refractivity contribution is -0.119. The fraction of sp³-hybridized carbons (Fsp3) is 0.174. The molecule has 3 rings (SSSR count). The van der Waals surface area contributed by atoms with Crippen molar-refractivity contribution >= 4 is 23.3 Å². The van der Waals surface area contributed by atoms with E-state index in [1.807, 2.05) is 18.2 Å². The first-order chi connectivity index (χ1) is 14.4. The quantitative estimate of drug-likeness (QED) is 0.447. The molecule has 0 unspecified atom stereocenters. The number of H-pyrrole nitrogens is 1. The van der Waals surface area contributed by atoms with Crippen LogP contribution in [0.5, 0.6) is 11.5 Å². The number of Topliss-reactive ketones (excluding diaryl/α,β-unsaturated/α-hetero) is 1. The summed E-state index contributed by atoms with van der Waals surface area (Å²) in [5, 5.41) is 2.68. The number of nitrogens with one attached hydrogen (secondary N) is 2. The monoisotopic (exact) mass is 406 g/mol. The van der Waals surface area contributed by atoms with Crippen LogP contribution in [0.1, 0.15) is 39.0 Å². The maximum Gasteiger partial charge on any atom is 0.355 e. The van der Waals surface area contributed by atoms with Gasteiger partial charge in [0.25, 0.3) is 5.91 Å². The number of ketones is 1. The van der Waals surface area contributed by atoms with Crippen LogP contribution in [0.2, 0.25) is 0 Å². The third kappa shape index (κ3) is 4.75. The Balaban J connectivity index is 1.64. The second kappa shape index (κ2) is 9.09. The predicted octanol–water partition coefficient (Wildman–Crippen LogP) is 4.42. The molecule has 30 heavy (non-hydrogen) atoms. The van der Waals surface area contributed by atoms with Gasteiger partial charge in [0.1, 0.15) is 11.4 Å². The van der Waals surface area contributed by atoms with Gasteiger partial charge in [-0.25, -0.2) is 4.79 Å². The number of aryl methyl sites for hydroxylation is 1. The summed E-state index contributed by atoms with van der Waals surface area (Å²) in [5.74, 6) is -0.268. The summed E-state index contributed by atoms with van der Waals surface area (Å²) in [7, 11) is 0. The first-order valence-corrected chi connectivity index (χ1v) is 9.36. The van der Waals surface area contributed by atoms with Crippen LogP contribution in [0, 0.1) is 13.8 Å². The summed E-state index contributed by atoms with van der Waals surface area (Å²) in [4.78, 5) is 39.2. The minimum Gasteiger partial charge on any atom is -0.455 e. The summed E-state index contributed by atoms with van der Waals surface area (Å²) in [6.45, 7) is 4.32. The Hall–Kier alpha value is -3.87. The average Bonchev–Trinajstić information content (AvgIpc) is 3.02. The molecular formula is C23H22N2O5. The van der Waals surface area contributed by atoms with Gasteiger partial charge in [0.2, 0.25) is 0 Å². The minimum absolute atomic E-state index is 0.145. The summed E-state index contributed by atoms with van der Waals surface area (Å²) in [6, 6.07) is 16.1. The fourth-order valence-electron chi connectivity index (χ4n) is 3.15. The number of ether oxygens (including phenoxy) is 2. The number of para-hydroxylation sites is 3. The van der Waals surface area contributed by atoms with Crippen molar-refractivity contribution in [2.45, 2.75) is 20.8 Å². The van der Waals surface area contributed by atoms with Crippen LogP contribution in [0.3, 0.4) is 0 Å². The van der Waals surface area contributed by atoms with Crippen LogP contribution in [0.15, 0.2) is 54.6 Å². The molecule has 3 aromatic rings. The van der Waals surface area contributed by atoms with Gasteiger partial charge >= 0.3 is 5.97 Å². The molecule has 7 heteroatoms. The van der Waals surface area contributed by atoms with Crippen molar-refractivity contribution in [2.24, 2.45) is 0 Å². The van der Waals surface area contributed by atoms with Gasteiger partial charge < -0.3 is 19.8 Å². The summed E-state index contributed by atoms with van der Waals surface area (Å²) in [5.41, 5.74) is 2.17. The van der Waals surface area contributed by atoms with E-state index in [0.717, 1.165) is 0 Å². The molecule has 0 spiro atoms. The molecule has 0 aliphatic rings. The van der Waals surface area contributed by atoms with Crippen LogP contribution in [0.25, 0.3) is 0 Å². The SMILES string of the molecule is CC(=O)c1c(C)[nH]c(C(=O)OCC(=O)Nc2ccccc2Oc2ccccc2)c1C. The van der Waals surface area contributed by atoms with Gasteiger partial charge in [-0.2, -0.15) is 0 Å². The highest BCUT2D eigenvalue weighted by Gasteiger charge is 2.21. The highest BCUT2D eigenvalue weighted by Crippen LogP contribution is 2.29. The zero-order valence-corrected chi connectivity index (χ0v) is 16.9. The van der Waals surface area contributed by atoms with Crippen molar-refractivity contribution < 1.29 is 23.9 Å². The standard InChI is InChI=1S/C23H22N2O5/c1-14-21(16(3)26)15(2)24-22(14)23(28)29-13-20(27)25-18-11-7-8-12-19(18)30-17-9-5-4-6-10-17/h4-12,24H,13H2,1-3H3,(H,25,27). The molecule has 2 aromatic carbocycles. The van der Waals surface area contributed by atoms with Crippen molar-refractivity contribution in [3.63, 3.8) is 0 Å². The number of aromatic amines is 1. The molecule has 1 heterocycles.